The molecule has 3 aromatic rings. The zero-order valence-electron chi connectivity index (χ0n) is 23.1. The quantitative estimate of drug-likeness (QED) is 0.306. The maximum atomic E-state index is 14.0. The number of carbonyl (C=O) groups is 1. The van der Waals surface area contributed by atoms with Gasteiger partial charge in [-0.3, -0.25) is 9.36 Å². The van der Waals surface area contributed by atoms with Crippen LogP contribution in [0.2, 0.25) is 0 Å². The number of hydrogen-bond acceptors (Lipinski definition) is 10. The van der Waals surface area contributed by atoms with Gasteiger partial charge in [-0.25, -0.2) is 9.79 Å². The number of esters is 1. The fourth-order valence-electron chi connectivity index (χ4n) is 4.43. The van der Waals surface area contributed by atoms with Crippen molar-refractivity contribution in [1.82, 2.24) is 4.57 Å². The number of halogens is 1. The van der Waals surface area contributed by atoms with Gasteiger partial charge in [0.25, 0.3) is 5.56 Å². The van der Waals surface area contributed by atoms with Gasteiger partial charge in [0.05, 0.1) is 49.3 Å². The Morgan fingerprint density at radius 2 is 1.83 bits per heavy atom. The molecule has 10 nitrogen and oxygen atoms in total. The van der Waals surface area contributed by atoms with E-state index in [2.05, 4.69) is 20.9 Å². The molecule has 1 aliphatic heterocycles. The van der Waals surface area contributed by atoms with E-state index in [-0.39, 0.29) is 24.3 Å². The Labute approximate surface area is 248 Å². The molecule has 4 rings (SSSR count). The van der Waals surface area contributed by atoms with Crippen LogP contribution in [0.5, 0.6) is 23.0 Å². The lowest BCUT2D eigenvalue weighted by Crippen LogP contribution is -2.40. The number of aromatic nitrogens is 1. The second-order valence-electron chi connectivity index (χ2n) is 8.62. The highest BCUT2D eigenvalue weighted by Gasteiger charge is 2.35. The van der Waals surface area contributed by atoms with Gasteiger partial charge < -0.3 is 23.7 Å². The van der Waals surface area contributed by atoms with Crippen LogP contribution in [0.3, 0.4) is 0 Å². The van der Waals surface area contributed by atoms with Gasteiger partial charge in [-0.15, -0.1) is 0 Å². The lowest BCUT2D eigenvalue weighted by molar-refractivity contribution is -0.139. The molecular formula is C29H28BrN3O7S. The summed E-state index contributed by atoms with van der Waals surface area (Å²) in [5.41, 5.74) is 1.65. The number of thiazole rings is 1. The number of methoxy groups -OCH3 is 2. The molecule has 0 bridgehead atoms. The molecule has 0 saturated heterocycles. The van der Waals surface area contributed by atoms with Gasteiger partial charge in [0.15, 0.2) is 34.4 Å². The predicted octanol–water partition coefficient (Wildman–Crippen LogP) is 3.88. The van der Waals surface area contributed by atoms with Gasteiger partial charge in [-0.05, 0) is 62.2 Å². The van der Waals surface area contributed by atoms with Crippen LogP contribution in [0.1, 0.15) is 37.9 Å². The highest BCUT2D eigenvalue weighted by Crippen LogP contribution is 2.40. The number of allylic oxidation sites excluding steroid dienone is 1. The summed E-state index contributed by atoms with van der Waals surface area (Å²) in [7, 11) is 3.04. The van der Waals surface area contributed by atoms with Crippen molar-refractivity contribution in [2.75, 3.05) is 34.0 Å². The highest BCUT2D eigenvalue weighted by atomic mass is 79.9. The van der Waals surface area contributed by atoms with Gasteiger partial charge in [0.1, 0.15) is 6.07 Å². The van der Waals surface area contributed by atoms with E-state index in [9.17, 15) is 9.59 Å². The van der Waals surface area contributed by atoms with E-state index in [1.807, 2.05) is 13.0 Å². The molecule has 214 valence electrons. The molecule has 0 fully saturated rings. The minimum atomic E-state index is -0.845. The van der Waals surface area contributed by atoms with E-state index in [0.717, 1.165) is 0 Å². The molecule has 2 aromatic carbocycles. The third kappa shape index (κ3) is 6.01. The monoisotopic (exact) mass is 641 g/mol. The van der Waals surface area contributed by atoms with Crippen LogP contribution < -0.4 is 33.8 Å². The smallest absolute Gasteiger partial charge is 0.338 e. The molecule has 0 radical (unpaired) electrons. The fraction of sp³-hybridized carbons (Fsp3) is 0.310. The number of rotatable bonds is 10. The molecule has 1 atom stereocenters. The number of benzene rings is 2. The van der Waals surface area contributed by atoms with Crippen LogP contribution in [0.4, 0.5) is 0 Å². The van der Waals surface area contributed by atoms with Gasteiger partial charge >= 0.3 is 5.97 Å². The number of hydrogen-bond donors (Lipinski definition) is 0. The number of nitriles is 1. The molecule has 12 heteroatoms. The predicted molar refractivity (Wildman–Crippen MR) is 156 cm³/mol. The molecule has 0 aliphatic carbocycles. The summed E-state index contributed by atoms with van der Waals surface area (Å²) < 4.78 is 30.0. The van der Waals surface area contributed by atoms with Crippen LogP contribution in [0.15, 0.2) is 55.9 Å². The van der Waals surface area contributed by atoms with Crippen molar-refractivity contribution >= 4 is 39.3 Å². The summed E-state index contributed by atoms with van der Waals surface area (Å²) in [6.45, 7) is 5.72. The fourth-order valence-corrected chi connectivity index (χ4v) is 6.01. The number of ether oxygens (including phenoxy) is 5. The molecule has 2 heterocycles. The molecular weight excluding hydrogens is 614 g/mol. The highest BCUT2D eigenvalue weighted by molar-refractivity contribution is 9.10. The lowest BCUT2D eigenvalue weighted by Gasteiger charge is -2.26. The van der Waals surface area contributed by atoms with Crippen molar-refractivity contribution in [2.24, 2.45) is 4.99 Å². The largest absolute Gasteiger partial charge is 0.493 e. The molecule has 0 spiro atoms. The maximum Gasteiger partial charge on any atom is 0.338 e. The summed E-state index contributed by atoms with van der Waals surface area (Å²) in [5, 5.41) is 8.87. The van der Waals surface area contributed by atoms with Gasteiger partial charge in [-0.2, -0.15) is 5.26 Å². The summed E-state index contributed by atoms with van der Waals surface area (Å²) in [4.78, 5) is 32.3. The Kier molecular flexibility index (Phi) is 9.52. The van der Waals surface area contributed by atoms with E-state index in [0.29, 0.717) is 60.2 Å². The van der Waals surface area contributed by atoms with Crippen LogP contribution in [-0.4, -0.2) is 44.6 Å². The van der Waals surface area contributed by atoms with Gasteiger partial charge in [-0.1, -0.05) is 33.3 Å². The number of carbonyl (C=O) groups excluding carboxylic acids is 1. The van der Waals surface area contributed by atoms with E-state index < -0.39 is 12.0 Å². The van der Waals surface area contributed by atoms with Crippen LogP contribution in [0, 0.1) is 11.3 Å². The van der Waals surface area contributed by atoms with Gasteiger partial charge in [0.2, 0.25) is 0 Å². The second-order valence-corrected chi connectivity index (χ2v) is 10.5. The average Bonchev–Trinajstić information content (AvgIpc) is 3.25. The Bertz CT molecular complexity index is 1740. The number of nitrogens with zero attached hydrogens (tertiary/aromatic N) is 3. The van der Waals surface area contributed by atoms with Crippen molar-refractivity contribution in [1.29, 1.82) is 5.26 Å². The van der Waals surface area contributed by atoms with E-state index in [4.69, 9.17) is 28.9 Å². The average molecular weight is 643 g/mol. The van der Waals surface area contributed by atoms with Crippen LogP contribution in [0.25, 0.3) is 6.08 Å². The lowest BCUT2D eigenvalue weighted by atomic mass is 9.95. The second kappa shape index (κ2) is 13.1. The first kappa shape index (κ1) is 29.9. The van der Waals surface area contributed by atoms with E-state index in [1.165, 1.54) is 30.1 Å². The Hall–Kier alpha value is -4.08. The standard InChI is InChI=1S/C29H28BrN3O7S/c1-6-38-23-12-17(8-9-20(23)40-11-10-31)13-24-27(34)33-26(18-14-21(36-4)22(37-5)15-19(18)30)25(28(35)39-7-2)16(3)32-29(33)41-24/h8-9,12-15,26H,6-7,11H2,1-5H3/b24-13-/t26-/m0/s1. The Morgan fingerprint density at radius 1 is 1.10 bits per heavy atom. The van der Waals surface area contributed by atoms with Crippen molar-refractivity contribution in [3.63, 3.8) is 0 Å². The molecule has 1 aliphatic rings. The first-order chi connectivity index (χ1) is 19.8. The summed E-state index contributed by atoms with van der Waals surface area (Å²) in [6.07, 6.45) is 1.73. The summed E-state index contributed by atoms with van der Waals surface area (Å²) in [6, 6.07) is 9.76. The van der Waals surface area contributed by atoms with Crippen LogP contribution >= 0.6 is 27.3 Å². The van der Waals surface area contributed by atoms with E-state index in [1.54, 1.807) is 50.3 Å². The molecule has 0 unspecified atom stereocenters. The normalized spacial score (nSPS) is 14.6. The van der Waals surface area contributed by atoms with Crippen molar-refractivity contribution in [3.05, 3.63) is 76.9 Å². The molecule has 1 aromatic heterocycles. The van der Waals surface area contributed by atoms with Gasteiger partial charge in [0, 0.05) is 4.47 Å². The summed E-state index contributed by atoms with van der Waals surface area (Å²) in [5.74, 6) is 1.25. The Morgan fingerprint density at radius 3 is 2.49 bits per heavy atom. The van der Waals surface area contributed by atoms with E-state index >= 15 is 0 Å². The molecule has 0 N–H and O–H groups in total. The minimum Gasteiger partial charge on any atom is -0.493 e. The zero-order chi connectivity index (χ0) is 29.7. The molecule has 0 amide bonds. The third-order valence-corrected chi connectivity index (χ3v) is 7.84. The minimum absolute atomic E-state index is 0.119. The van der Waals surface area contributed by atoms with Crippen molar-refractivity contribution in [3.8, 4) is 29.1 Å². The third-order valence-electron chi connectivity index (χ3n) is 6.17. The molecule has 41 heavy (non-hydrogen) atoms. The first-order valence-electron chi connectivity index (χ1n) is 12.7. The Balaban J connectivity index is 1.94. The first-order valence-corrected chi connectivity index (χ1v) is 14.3. The van der Waals surface area contributed by atoms with Crippen molar-refractivity contribution in [2.45, 2.75) is 26.8 Å². The molecule has 0 saturated carbocycles. The topological polar surface area (TPSA) is 121 Å². The zero-order valence-corrected chi connectivity index (χ0v) is 25.6. The number of fused-ring (bicyclic) bond motifs is 1. The SMILES string of the molecule is CCOC(=O)C1=C(C)N=c2s/c(=C\c3ccc(OCC#N)c(OCC)c3)c(=O)n2[C@H]1c1cc(OC)c(OC)cc1Br. The van der Waals surface area contributed by atoms with Crippen LogP contribution in [-0.2, 0) is 9.53 Å². The maximum absolute atomic E-state index is 14.0. The summed E-state index contributed by atoms with van der Waals surface area (Å²) >= 11 is 4.80. The van der Waals surface area contributed by atoms with Crippen molar-refractivity contribution < 1.29 is 28.5 Å².